The molecule has 2 aliphatic carbocycles. The fourth-order valence-electron chi connectivity index (χ4n) is 6.25. The Bertz CT molecular complexity index is 1800. The van der Waals surface area contributed by atoms with Gasteiger partial charge >= 0.3 is 0 Å². The van der Waals surface area contributed by atoms with Crippen LogP contribution in [0, 0.1) is 0 Å². The molecule has 2 aromatic heterocycles. The third kappa shape index (κ3) is 2.06. The first-order valence-corrected chi connectivity index (χ1v) is 12.7. The molecule has 6 aromatic rings. The lowest BCUT2D eigenvalue weighted by Crippen LogP contribution is -2.25. The predicted octanol–water partition coefficient (Wildman–Crippen LogP) is 8.56. The van der Waals surface area contributed by atoms with Crippen LogP contribution in [0.25, 0.3) is 42.4 Å². The molecule has 1 unspecified atom stereocenters. The maximum atomic E-state index is 4.62. The van der Waals surface area contributed by atoms with Crippen molar-refractivity contribution < 1.29 is 0 Å². The molecule has 1 atom stereocenters. The van der Waals surface area contributed by atoms with Gasteiger partial charge in [-0.15, -0.1) is 11.3 Å². The monoisotopic (exact) mass is 501 g/mol. The second kappa shape index (κ2) is 6.19. The Balaban J connectivity index is 1.62. The fourth-order valence-corrected chi connectivity index (χ4v) is 7.93. The summed E-state index contributed by atoms with van der Waals surface area (Å²) < 4.78 is 3.61. The summed E-state index contributed by atoms with van der Waals surface area (Å²) in [7, 11) is 0. The van der Waals surface area contributed by atoms with Crippen LogP contribution >= 0.6 is 27.3 Å². The largest absolute Gasteiger partial charge is 0.249 e. The highest BCUT2D eigenvalue weighted by atomic mass is 79.9. The summed E-state index contributed by atoms with van der Waals surface area (Å²) in [4.78, 5) is 4.62. The van der Waals surface area contributed by atoms with E-state index in [2.05, 4.69) is 112 Å². The number of rotatable bonds is 0. The van der Waals surface area contributed by atoms with Gasteiger partial charge in [0.1, 0.15) is 4.60 Å². The van der Waals surface area contributed by atoms with Crippen LogP contribution in [0.4, 0.5) is 0 Å². The normalized spacial score (nSPS) is 17.4. The molecule has 33 heavy (non-hydrogen) atoms. The molecular weight excluding hydrogens is 486 g/mol. The minimum absolute atomic E-state index is 0.333. The summed E-state index contributed by atoms with van der Waals surface area (Å²) in [5.74, 6) is 0. The van der Waals surface area contributed by atoms with Crippen molar-refractivity contribution >= 4 is 47.4 Å². The van der Waals surface area contributed by atoms with Crippen molar-refractivity contribution in [3.63, 3.8) is 0 Å². The van der Waals surface area contributed by atoms with Crippen molar-refractivity contribution in [1.82, 2.24) is 4.98 Å². The lowest BCUT2D eigenvalue weighted by molar-refractivity contribution is 0.793. The molecule has 2 aliphatic rings. The Morgan fingerprint density at radius 1 is 0.606 bits per heavy atom. The van der Waals surface area contributed by atoms with E-state index in [9.17, 15) is 0 Å². The molecule has 0 bridgehead atoms. The molecule has 0 aliphatic heterocycles. The van der Waals surface area contributed by atoms with Gasteiger partial charge in [-0.05, 0) is 79.1 Å². The van der Waals surface area contributed by atoms with Gasteiger partial charge in [-0.25, -0.2) is 4.98 Å². The van der Waals surface area contributed by atoms with Crippen LogP contribution in [0.3, 0.4) is 0 Å². The van der Waals surface area contributed by atoms with E-state index in [-0.39, 0.29) is 5.41 Å². The van der Waals surface area contributed by atoms with Crippen LogP contribution in [0.1, 0.15) is 22.3 Å². The van der Waals surface area contributed by atoms with Gasteiger partial charge in [0.05, 0.1) is 5.41 Å². The number of hydrogen-bond acceptors (Lipinski definition) is 2. The highest BCUT2D eigenvalue weighted by Crippen LogP contribution is 2.64. The quantitative estimate of drug-likeness (QED) is 0.189. The zero-order valence-electron chi connectivity index (χ0n) is 17.5. The molecular formula is C30H16BrNS. The van der Waals surface area contributed by atoms with Crippen LogP contribution in [0.15, 0.2) is 102 Å². The van der Waals surface area contributed by atoms with Gasteiger partial charge in [0.15, 0.2) is 0 Å². The summed E-state index contributed by atoms with van der Waals surface area (Å²) in [6.45, 7) is 0. The molecule has 8 rings (SSSR count). The van der Waals surface area contributed by atoms with E-state index in [1.807, 2.05) is 17.5 Å². The van der Waals surface area contributed by atoms with Gasteiger partial charge in [0.25, 0.3) is 0 Å². The van der Waals surface area contributed by atoms with Gasteiger partial charge in [0.2, 0.25) is 0 Å². The predicted molar refractivity (Wildman–Crippen MR) is 141 cm³/mol. The minimum Gasteiger partial charge on any atom is -0.249 e. The summed E-state index contributed by atoms with van der Waals surface area (Å²) in [6, 6.07) is 33.7. The Labute approximate surface area is 203 Å². The van der Waals surface area contributed by atoms with Gasteiger partial charge in [0, 0.05) is 31.9 Å². The van der Waals surface area contributed by atoms with Crippen molar-refractivity contribution in [3.8, 4) is 22.3 Å². The highest BCUT2D eigenvalue weighted by Gasteiger charge is 2.52. The highest BCUT2D eigenvalue weighted by molar-refractivity contribution is 9.10. The molecule has 1 spiro atoms. The average molecular weight is 502 g/mol. The molecule has 154 valence electrons. The molecule has 2 heterocycles. The van der Waals surface area contributed by atoms with Crippen molar-refractivity contribution in [1.29, 1.82) is 0 Å². The summed E-state index contributed by atoms with van der Waals surface area (Å²) >= 11 is 5.67. The standard InChI is InChI=1S/C30H16BrNS/c31-29-28-19-9-2-5-11-23(19)30(24(28)13-14-32-29)22-10-4-1-7-17(22)20-16-27-21(15-25(20)30)18-8-3-6-12-26(18)33-27/h1-16H. The van der Waals surface area contributed by atoms with Gasteiger partial charge in [-0.3, -0.25) is 0 Å². The van der Waals surface area contributed by atoms with Gasteiger partial charge < -0.3 is 0 Å². The Morgan fingerprint density at radius 3 is 2.21 bits per heavy atom. The van der Waals surface area contributed by atoms with Gasteiger partial charge in [-0.1, -0.05) is 66.7 Å². The van der Waals surface area contributed by atoms with E-state index in [0.29, 0.717) is 0 Å². The van der Waals surface area contributed by atoms with E-state index in [1.54, 1.807) is 0 Å². The van der Waals surface area contributed by atoms with Crippen LogP contribution in [0.5, 0.6) is 0 Å². The van der Waals surface area contributed by atoms with Crippen molar-refractivity contribution in [2.24, 2.45) is 0 Å². The minimum atomic E-state index is -0.333. The summed E-state index contributed by atoms with van der Waals surface area (Å²) in [5, 5.41) is 2.69. The first-order chi connectivity index (χ1) is 16.3. The molecule has 3 heteroatoms. The van der Waals surface area contributed by atoms with E-state index >= 15 is 0 Å². The van der Waals surface area contributed by atoms with Crippen LogP contribution in [-0.2, 0) is 5.41 Å². The molecule has 0 fully saturated rings. The second-order valence-corrected chi connectivity index (χ2v) is 10.7. The van der Waals surface area contributed by atoms with Crippen LogP contribution < -0.4 is 0 Å². The number of nitrogens with zero attached hydrogens (tertiary/aromatic N) is 1. The Kier molecular flexibility index (Phi) is 3.41. The number of halogens is 1. The molecule has 4 aromatic carbocycles. The maximum absolute atomic E-state index is 4.62. The number of fused-ring (bicyclic) bond motifs is 13. The third-order valence-corrected chi connectivity index (χ3v) is 9.19. The van der Waals surface area contributed by atoms with Gasteiger partial charge in [-0.2, -0.15) is 0 Å². The Morgan fingerprint density at radius 2 is 1.33 bits per heavy atom. The first-order valence-electron chi connectivity index (χ1n) is 11.1. The number of aromatic nitrogens is 1. The Hall–Kier alpha value is -3.27. The summed E-state index contributed by atoms with van der Waals surface area (Å²) in [5.41, 5.74) is 10.2. The van der Waals surface area contributed by atoms with Crippen molar-refractivity contribution in [3.05, 3.63) is 124 Å². The number of hydrogen-bond donors (Lipinski definition) is 0. The van der Waals surface area contributed by atoms with E-state index < -0.39 is 0 Å². The smallest absolute Gasteiger partial charge is 0.114 e. The zero-order chi connectivity index (χ0) is 21.7. The van der Waals surface area contributed by atoms with E-state index in [4.69, 9.17) is 0 Å². The first kappa shape index (κ1) is 18.2. The second-order valence-electron chi connectivity index (χ2n) is 8.86. The number of pyridine rings is 1. The lowest BCUT2D eigenvalue weighted by atomic mass is 9.70. The fraction of sp³-hybridized carbons (Fsp3) is 0.0333. The molecule has 0 saturated carbocycles. The zero-order valence-corrected chi connectivity index (χ0v) is 19.9. The molecule has 1 nitrogen and oxygen atoms in total. The number of benzene rings is 4. The van der Waals surface area contributed by atoms with Crippen molar-refractivity contribution in [2.75, 3.05) is 0 Å². The molecule has 0 saturated heterocycles. The third-order valence-electron chi connectivity index (χ3n) is 7.45. The van der Waals surface area contributed by atoms with Crippen LogP contribution in [0.2, 0.25) is 0 Å². The SMILES string of the molecule is Brc1nccc2c1-c1ccccc1C21c2ccccc2-c2cc3sc4ccccc4c3cc21. The molecule has 0 N–H and O–H groups in total. The van der Waals surface area contributed by atoms with Crippen molar-refractivity contribution in [2.45, 2.75) is 5.41 Å². The number of thiophene rings is 1. The topological polar surface area (TPSA) is 12.9 Å². The lowest BCUT2D eigenvalue weighted by Gasteiger charge is -2.30. The molecule has 0 radical (unpaired) electrons. The average Bonchev–Trinajstić information content (AvgIpc) is 3.47. The molecule has 0 amide bonds. The summed E-state index contributed by atoms with van der Waals surface area (Å²) in [6.07, 6.45) is 1.94. The van der Waals surface area contributed by atoms with Crippen LogP contribution in [-0.4, -0.2) is 4.98 Å². The van der Waals surface area contributed by atoms with E-state index in [0.717, 1.165) is 4.60 Å². The van der Waals surface area contributed by atoms with E-state index in [1.165, 1.54) is 64.7 Å². The maximum Gasteiger partial charge on any atom is 0.114 e.